The van der Waals surface area contributed by atoms with Crippen molar-refractivity contribution in [2.45, 2.75) is 26.3 Å². The van der Waals surface area contributed by atoms with Crippen molar-refractivity contribution in [3.63, 3.8) is 0 Å². The highest BCUT2D eigenvalue weighted by Gasteiger charge is 2.25. The Hall–Kier alpha value is -2.64. The standard InChI is InChI=1S/C14H17N3O5/c1-8-10(14(20)21)6-9(22-8)7-16(2)13(19)11-4-5-12(18)17(3)15-11/h6H,4-5,7H2,1-3H3,(H,20,21). The van der Waals surface area contributed by atoms with Gasteiger partial charge in [-0.3, -0.25) is 9.59 Å². The summed E-state index contributed by atoms with van der Waals surface area (Å²) in [6.45, 7) is 1.68. The van der Waals surface area contributed by atoms with Crippen molar-refractivity contribution < 1.29 is 23.9 Å². The fraction of sp³-hybridized carbons (Fsp3) is 0.429. The summed E-state index contributed by atoms with van der Waals surface area (Å²) in [5.41, 5.74) is 0.377. The molecule has 0 spiro atoms. The summed E-state index contributed by atoms with van der Waals surface area (Å²) in [6, 6.07) is 1.40. The number of furan rings is 1. The van der Waals surface area contributed by atoms with Gasteiger partial charge in [-0.15, -0.1) is 0 Å². The molecule has 8 heteroatoms. The van der Waals surface area contributed by atoms with Gasteiger partial charge in [0.05, 0.1) is 6.54 Å². The molecule has 0 saturated heterocycles. The molecule has 1 aliphatic rings. The third-order valence-corrected chi connectivity index (χ3v) is 3.39. The van der Waals surface area contributed by atoms with E-state index in [0.29, 0.717) is 23.7 Å². The maximum atomic E-state index is 12.3. The molecule has 1 aromatic rings. The Morgan fingerprint density at radius 3 is 2.68 bits per heavy atom. The van der Waals surface area contributed by atoms with Gasteiger partial charge in [0.1, 0.15) is 22.8 Å². The number of hydrogen-bond acceptors (Lipinski definition) is 5. The smallest absolute Gasteiger partial charge is 0.339 e. The van der Waals surface area contributed by atoms with E-state index in [2.05, 4.69) is 5.10 Å². The summed E-state index contributed by atoms with van der Waals surface area (Å²) >= 11 is 0. The van der Waals surface area contributed by atoms with Crippen LogP contribution in [-0.2, 0) is 16.1 Å². The van der Waals surface area contributed by atoms with Crippen LogP contribution in [0.25, 0.3) is 0 Å². The molecule has 22 heavy (non-hydrogen) atoms. The molecule has 0 radical (unpaired) electrons. The summed E-state index contributed by atoms with van der Waals surface area (Å²) in [7, 11) is 3.07. The lowest BCUT2D eigenvalue weighted by molar-refractivity contribution is -0.130. The second-order valence-electron chi connectivity index (χ2n) is 5.11. The van der Waals surface area contributed by atoms with Crippen LogP contribution >= 0.6 is 0 Å². The number of aryl methyl sites for hydroxylation is 1. The van der Waals surface area contributed by atoms with Gasteiger partial charge in [0.2, 0.25) is 5.91 Å². The van der Waals surface area contributed by atoms with Gasteiger partial charge in [0, 0.05) is 26.9 Å². The van der Waals surface area contributed by atoms with Crippen LogP contribution in [0.15, 0.2) is 15.6 Å². The number of nitrogens with zero attached hydrogens (tertiary/aromatic N) is 3. The Labute approximate surface area is 127 Å². The summed E-state index contributed by atoms with van der Waals surface area (Å²) in [5, 5.41) is 14.1. The number of carbonyl (C=O) groups excluding carboxylic acids is 2. The number of carbonyl (C=O) groups is 3. The van der Waals surface area contributed by atoms with Gasteiger partial charge in [-0.2, -0.15) is 5.10 Å². The molecule has 1 aromatic heterocycles. The maximum Gasteiger partial charge on any atom is 0.339 e. The van der Waals surface area contributed by atoms with Gasteiger partial charge in [-0.05, 0) is 13.0 Å². The van der Waals surface area contributed by atoms with Gasteiger partial charge >= 0.3 is 5.97 Å². The predicted molar refractivity (Wildman–Crippen MR) is 76.3 cm³/mol. The van der Waals surface area contributed by atoms with Crippen LogP contribution in [0.4, 0.5) is 0 Å². The number of carboxylic acids is 1. The zero-order valence-electron chi connectivity index (χ0n) is 12.6. The number of hydrogen-bond donors (Lipinski definition) is 1. The topological polar surface area (TPSA) is 103 Å². The molecule has 2 rings (SSSR count). The SMILES string of the molecule is Cc1oc(CN(C)C(=O)C2=NN(C)C(=O)CC2)cc1C(=O)O. The summed E-state index contributed by atoms with van der Waals surface area (Å²) < 4.78 is 5.34. The van der Waals surface area contributed by atoms with Crippen molar-refractivity contribution in [1.29, 1.82) is 0 Å². The lowest BCUT2D eigenvalue weighted by Crippen LogP contribution is -2.38. The van der Waals surface area contributed by atoms with Crippen molar-refractivity contribution >= 4 is 23.5 Å². The number of hydrazone groups is 1. The fourth-order valence-electron chi connectivity index (χ4n) is 2.18. The Balaban J connectivity index is 2.09. The van der Waals surface area contributed by atoms with Crippen molar-refractivity contribution in [3.8, 4) is 0 Å². The molecule has 8 nitrogen and oxygen atoms in total. The fourth-order valence-corrected chi connectivity index (χ4v) is 2.18. The molecule has 0 saturated carbocycles. The molecule has 118 valence electrons. The molecular weight excluding hydrogens is 290 g/mol. The molecule has 0 bridgehead atoms. The normalized spacial score (nSPS) is 14.8. The highest BCUT2D eigenvalue weighted by atomic mass is 16.4. The molecule has 0 aliphatic carbocycles. The minimum Gasteiger partial charge on any atom is -0.478 e. The van der Waals surface area contributed by atoms with E-state index in [0.717, 1.165) is 5.01 Å². The van der Waals surface area contributed by atoms with Gasteiger partial charge < -0.3 is 14.4 Å². The van der Waals surface area contributed by atoms with Gasteiger partial charge in [0.15, 0.2) is 0 Å². The molecule has 1 aliphatic heterocycles. The molecule has 0 fully saturated rings. The van der Waals surface area contributed by atoms with Crippen LogP contribution in [0.1, 0.15) is 34.7 Å². The molecule has 0 unspecified atom stereocenters. The average Bonchev–Trinajstić information content (AvgIpc) is 2.82. The zero-order chi connectivity index (χ0) is 16.4. The van der Waals surface area contributed by atoms with Crippen LogP contribution < -0.4 is 0 Å². The van der Waals surface area contributed by atoms with Crippen LogP contribution in [0.5, 0.6) is 0 Å². The second kappa shape index (κ2) is 6.00. The largest absolute Gasteiger partial charge is 0.478 e. The minimum atomic E-state index is -1.07. The average molecular weight is 307 g/mol. The number of rotatable bonds is 4. The maximum absolute atomic E-state index is 12.3. The number of aromatic carboxylic acids is 1. The van der Waals surface area contributed by atoms with Crippen molar-refractivity contribution in [3.05, 3.63) is 23.2 Å². The quantitative estimate of drug-likeness (QED) is 0.888. The van der Waals surface area contributed by atoms with Gasteiger partial charge in [-0.25, -0.2) is 9.80 Å². The molecule has 0 aromatic carbocycles. The third-order valence-electron chi connectivity index (χ3n) is 3.39. The van der Waals surface area contributed by atoms with Gasteiger partial charge in [-0.1, -0.05) is 0 Å². The van der Waals surface area contributed by atoms with E-state index in [1.165, 1.54) is 18.0 Å². The minimum absolute atomic E-state index is 0.0798. The highest BCUT2D eigenvalue weighted by molar-refractivity contribution is 6.39. The highest BCUT2D eigenvalue weighted by Crippen LogP contribution is 2.17. The van der Waals surface area contributed by atoms with Crippen molar-refractivity contribution in [1.82, 2.24) is 9.91 Å². The molecule has 0 atom stereocenters. The number of carboxylic acid groups (broad SMARTS) is 1. The second-order valence-corrected chi connectivity index (χ2v) is 5.11. The van der Waals surface area contributed by atoms with E-state index in [1.807, 2.05) is 0 Å². The third kappa shape index (κ3) is 3.16. The zero-order valence-corrected chi connectivity index (χ0v) is 12.6. The summed E-state index contributed by atoms with van der Waals surface area (Å²) in [5.74, 6) is -0.842. The van der Waals surface area contributed by atoms with E-state index in [-0.39, 0.29) is 30.3 Å². The lowest BCUT2D eigenvalue weighted by atomic mass is 10.1. The van der Waals surface area contributed by atoms with Crippen LogP contribution in [0, 0.1) is 6.92 Å². The first-order valence-electron chi connectivity index (χ1n) is 6.71. The lowest BCUT2D eigenvalue weighted by Gasteiger charge is -2.22. The monoisotopic (exact) mass is 307 g/mol. The van der Waals surface area contributed by atoms with E-state index in [4.69, 9.17) is 9.52 Å². The predicted octanol–water partition coefficient (Wildman–Crippen LogP) is 0.853. The Bertz CT molecular complexity index is 661. The molecular formula is C14H17N3O5. The van der Waals surface area contributed by atoms with E-state index in [1.54, 1.807) is 14.0 Å². The first-order valence-corrected chi connectivity index (χ1v) is 6.71. The van der Waals surface area contributed by atoms with Crippen LogP contribution in [-0.4, -0.2) is 52.6 Å². The van der Waals surface area contributed by atoms with E-state index >= 15 is 0 Å². The summed E-state index contributed by atoms with van der Waals surface area (Å²) in [6.07, 6.45) is 0.543. The first-order chi connectivity index (χ1) is 10.3. The van der Waals surface area contributed by atoms with E-state index in [9.17, 15) is 14.4 Å². The molecule has 1 N–H and O–H groups in total. The van der Waals surface area contributed by atoms with Crippen molar-refractivity contribution in [2.24, 2.45) is 5.10 Å². The van der Waals surface area contributed by atoms with E-state index < -0.39 is 5.97 Å². The van der Waals surface area contributed by atoms with Crippen LogP contribution in [0.2, 0.25) is 0 Å². The van der Waals surface area contributed by atoms with Crippen LogP contribution in [0.3, 0.4) is 0 Å². The Kier molecular flexibility index (Phi) is 4.30. The first kappa shape index (κ1) is 15.7. The van der Waals surface area contributed by atoms with Gasteiger partial charge in [0.25, 0.3) is 5.91 Å². The Morgan fingerprint density at radius 2 is 2.14 bits per heavy atom. The Morgan fingerprint density at radius 1 is 1.45 bits per heavy atom. The van der Waals surface area contributed by atoms with Crippen molar-refractivity contribution in [2.75, 3.05) is 14.1 Å². The number of amides is 2. The molecule has 2 heterocycles. The molecule has 2 amide bonds. The summed E-state index contributed by atoms with van der Waals surface area (Å²) in [4.78, 5) is 36.0.